The van der Waals surface area contributed by atoms with Gasteiger partial charge in [-0.05, 0) is 43.1 Å². The molecule has 3 heterocycles. The minimum Gasteiger partial charge on any atom is -0.493 e. The number of esters is 1. The highest BCUT2D eigenvalue weighted by molar-refractivity contribution is 7.11. The minimum atomic E-state index is -0.710. The molecule has 4 rings (SSSR count). The topological polar surface area (TPSA) is 110 Å². The fourth-order valence-corrected chi connectivity index (χ4v) is 4.64. The number of methoxy groups -OCH3 is 1. The second-order valence-corrected chi connectivity index (χ2v) is 8.79. The molecule has 1 amide bonds. The van der Waals surface area contributed by atoms with Crippen LogP contribution in [0.3, 0.4) is 0 Å². The number of nitrogens with zero attached hydrogens (tertiary/aromatic N) is 2. The molecule has 2 aliphatic heterocycles. The van der Waals surface area contributed by atoms with Crippen LogP contribution in [0.15, 0.2) is 12.1 Å². The third-order valence-electron chi connectivity index (χ3n) is 5.65. The Morgan fingerprint density at radius 2 is 2.27 bits per heavy atom. The third-order valence-corrected chi connectivity index (χ3v) is 6.40. The van der Waals surface area contributed by atoms with E-state index >= 15 is 0 Å². The van der Waals surface area contributed by atoms with Gasteiger partial charge in [0, 0.05) is 37.1 Å². The van der Waals surface area contributed by atoms with E-state index in [1.54, 1.807) is 6.07 Å². The lowest BCUT2D eigenvalue weighted by molar-refractivity contribution is -0.116. The van der Waals surface area contributed by atoms with Crippen molar-refractivity contribution in [2.75, 3.05) is 38.7 Å². The number of aliphatic hydroxyl groups excluding tert-OH is 1. The van der Waals surface area contributed by atoms with Crippen LogP contribution in [-0.2, 0) is 22.6 Å². The number of aliphatic hydroxyl groups is 1. The molecule has 0 bridgehead atoms. The van der Waals surface area contributed by atoms with E-state index in [2.05, 4.69) is 14.6 Å². The Kier molecular flexibility index (Phi) is 7.41. The van der Waals surface area contributed by atoms with Crippen LogP contribution >= 0.6 is 11.5 Å². The van der Waals surface area contributed by atoms with E-state index in [1.807, 2.05) is 0 Å². The monoisotopic (exact) mass is 479 g/mol. The number of fused-ring (bicyclic) bond motifs is 1. The van der Waals surface area contributed by atoms with Gasteiger partial charge in [0.25, 0.3) is 0 Å². The number of ether oxygens (including phenoxy) is 3. The van der Waals surface area contributed by atoms with Gasteiger partial charge < -0.3 is 29.5 Å². The van der Waals surface area contributed by atoms with Crippen molar-refractivity contribution < 1.29 is 33.3 Å². The predicted molar refractivity (Wildman–Crippen MR) is 118 cm³/mol. The molecule has 0 aliphatic carbocycles. The fourth-order valence-electron chi connectivity index (χ4n) is 3.90. The maximum absolute atomic E-state index is 14.4. The van der Waals surface area contributed by atoms with Crippen LogP contribution in [0.1, 0.15) is 40.7 Å². The molecule has 2 N–H and O–H groups in total. The summed E-state index contributed by atoms with van der Waals surface area (Å²) in [7, 11) is 1.22. The van der Waals surface area contributed by atoms with E-state index in [-0.39, 0.29) is 47.0 Å². The number of rotatable bonds is 9. The first kappa shape index (κ1) is 23.4. The standard InChI is InChI=1S/C22H26FN3O6S/c1-30-22(29)19-20(32-12-14-10-17-13(5-8-31-17)9-16(14)23)25-33-21(19)24-18(28)3-2-6-26-7-4-15(27)11-26/h9-10,15,27H,2-8,11-12H2,1H3,(H,24,28)/t15-/m0/s1. The lowest BCUT2D eigenvalue weighted by Gasteiger charge is -2.14. The van der Waals surface area contributed by atoms with Gasteiger partial charge in [0.05, 0.1) is 19.8 Å². The summed E-state index contributed by atoms with van der Waals surface area (Å²) in [6, 6.07) is 3.02. The number of β-amino-alcohol motifs (C(OH)–C–C–N with tert-alkyl or cyclic N) is 1. The van der Waals surface area contributed by atoms with Crippen LogP contribution in [0.25, 0.3) is 0 Å². The summed E-state index contributed by atoms with van der Waals surface area (Å²) in [6.45, 7) is 2.51. The van der Waals surface area contributed by atoms with Crippen molar-refractivity contribution in [3.8, 4) is 11.6 Å². The van der Waals surface area contributed by atoms with Crippen molar-refractivity contribution in [2.45, 2.75) is 38.4 Å². The van der Waals surface area contributed by atoms with E-state index in [9.17, 15) is 19.1 Å². The van der Waals surface area contributed by atoms with Gasteiger partial charge in [0.2, 0.25) is 11.8 Å². The molecule has 11 heteroatoms. The fraction of sp³-hybridized carbons (Fsp3) is 0.500. The predicted octanol–water partition coefficient (Wildman–Crippen LogP) is 2.37. The molecule has 0 spiro atoms. The Morgan fingerprint density at radius 3 is 3.03 bits per heavy atom. The molecule has 178 valence electrons. The van der Waals surface area contributed by atoms with Crippen molar-refractivity contribution in [3.63, 3.8) is 0 Å². The van der Waals surface area contributed by atoms with Gasteiger partial charge in [-0.1, -0.05) is 0 Å². The van der Waals surface area contributed by atoms with Crippen LogP contribution in [0.2, 0.25) is 0 Å². The number of carbonyl (C=O) groups is 2. The second-order valence-electron chi connectivity index (χ2n) is 8.02. The van der Waals surface area contributed by atoms with Gasteiger partial charge in [-0.15, -0.1) is 0 Å². The zero-order valence-corrected chi connectivity index (χ0v) is 19.1. The summed E-state index contributed by atoms with van der Waals surface area (Å²) < 4.78 is 34.4. The highest BCUT2D eigenvalue weighted by Gasteiger charge is 2.26. The van der Waals surface area contributed by atoms with Crippen molar-refractivity contribution >= 4 is 28.4 Å². The molecule has 33 heavy (non-hydrogen) atoms. The highest BCUT2D eigenvalue weighted by Crippen LogP contribution is 2.33. The van der Waals surface area contributed by atoms with E-state index in [0.717, 1.165) is 30.1 Å². The van der Waals surface area contributed by atoms with Crippen molar-refractivity contribution in [1.29, 1.82) is 0 Å². The number of hydrogen-bond acceptors (Lipinski definition) is 9. The summed E-state index contributed by atoms with van der Waals surface area (Å²) in [5, 5.41) is 12.5. The Labute approximate surface area is 194 Å². The summed E-state index contributed by atoms with van der Waals surface area (Å²) in [4.78, 5) is 26.8. The molecule has 1 saturated heterocycles. The number of hydrogen-bond donors (Lipinski definition) is 2. The number of anilines is 1. The van der Waals surface area contributed by atoms with Gasteiger partial charge >= 0.3 is 5.97 Å². The van der Waals surface area contributed by atoms with Gasteiger partial charge in [-0.2, -0.15) is 4.37 Å². The quantitative estimate of drug-likeness (QED) is 0.528. The SMILES string of the molecule is COC(=O)c1c(OCc2cc3c(cc2F)CCO3)nsc1NC(=O)CCCN1CC[C@H](O)C1. The third kappa shape index (κ3) is 5.60. The highest BCUT2D eigenvalue weighted by atomic mass is 32.1. The number of benzene rings is 1. The largest absolute Gasteiger partial charge is 0.493 e. The first-order chi connectivity index (χ1) is 15.9. The van der Waals surface area contributed by atoms with E-state index < -0.39 is 11.8 Å². The number of likely N-dealkylation sites (tertiary alicyclic amines) is 1. The number of halogens is 1. The van der Waals surface area contributed by atoms with Crippen LogP contribution < -0.4 is 14.8 Å². The summed E-state index contributed by atoms with van der Waals surface area (Å²) in [5.74, 6) is -0.810. The van der Waals surface area contributed by atoms with Gasteiger partial charge in [0.15, 0.2) is 5.56 Å². The number of amides is 1. The van der Waals surface area contributed by atoms with Crippen LogP contribution in [0.4, 0.5) is 9.39 Å². The number of carbonyl (C=O) groups excluding carboxylic acids is 2. The Balaban J connectivity index is 1.38. The Hall–Kier alpha value is -2.76. The lowest BCUT2D eigenvalue weighted by atomic mass is 10.1. The molecule has 1 aromatic heterocycles. The average Bonchev–Trinajstić information content (AvgIpc) is 3.51. The molecule has 0 saturated carbocycles. The van der Waals surface area contributed by atoms with E-state index in [4.69, 9.17) is 14.2 Å². The summed E-state index contributed by atoms with van der Waals surface area (Å²) >= 11 is 0.897. The zero-order chi connectivity index (χ0) is 23.4. The first-order valence-corrected chi connectivity index (χ1v) is 11.6. The molecule has 1 fully saturated rings. The van der Waals surface area contributed by atoms with E-state index in [1.165, 1.54) is 13.2 Å². The molecule has 2 aliphatic rings. The van der Waals surface area contributed by atoms with E-state index in [0.29, 0.717) is 38.3 Å². The van der Waals surface area contributed by atoms with Gasteiger partial charge in [-0.25, -0.2) is 9.18 Å². The summed E-state index contributed by atoms with van der Waals surface area (Å²) in [6.07, 6.45) is 1.99. The van der Waals surface area contributed by atoms with Crippen molar-refractivity contribution in [1.82, 2.24) is 9.27 Å². The zero-order valence-electron chi connectivity index (χ0n) is 18.3. The minimum absolute atomic E-state index is 0.00340. The molecule has 0 unspecified atom stereocenters. The summed E-state index contributed by atoms with van der Waals surface area (Å²) in [5.41, 5.74) is 1.08. The molecule has 2 aromatic rings. The molecular formula is C22H26FN3O6S. The van der Waals surface area contributed by atoms with Crippen LogP contribution in [0, 0.1) is 5.82 Å². The molecule has 9 nitrogen and oxygen atoms in total. The molecular weight excluding hydrogens is 453 g/mol. The van der Waals surface area contributed by atoms with Crippen LogP contribution in [-0.4, -0.2) is 65.7 Å². The Morgan fingerprint density at radius 1 is 1.42 bits per heavy atom. The maximum Gasteiger partial charge on any atom is 0.346 e. The number of aromatic nitrogens is 1. The normalized spacial score (nSPS) is 17.5. The second kappa shape index (κ2) is 10.4. The maximum atomic E-state index is 14.4. The van der Waals surface area contributed by atoms with Crippen molar-refractivity contribution in [3.05, 3.63) is 34.6 Å². The van der Waals surface area contributed by atoms with Crippen LogP contribution in [0.5, 0.6) is 11.6 Å². The lowest BCUT2D eigenvalue weighted by Crippen LogP contribution is -2.24. The first-order valence-electron chi connectivity index (χ1n) is 10.8. The van der Waals surface area contributed by atoms with Gasteiger partial charge in [0.1, 0.15) is 23.2 Å². The molecule has 0 radical (unpaired) electrons. The smallest absolute Gasteiger partial charge is 0.346 e. The van der Waals surface area contributed by atoms with Gasteiger partial charge in [-0.3, -0.25) is 4.79 Å². The van der Waals surface area contributed by atoms with Crippen molar-refractivity contribution in [2.24, 2.45) is 0 Å². The average molecular weight is 480 g/mol. The molecule has 1 aromatic carbocycles. The Bertz CT molecular complexity index is 1030. The molecule has 1 atom stereocenters. The number of nitrogens with one attached hydrogen (secondary N) is 1.